The summed E-state index contributed by atoms with van der Waals surface area (Å²) in [5.74, 6) is 0.796. The van der Waals surface area contributed by atoms with Crippen LogP contribution in [0.3, 0.4) is 0 Å². The summed E-state index contributed by atoms with van der Waals surface area (Å²) in [7, 11) is -2.12. The Morgan fingerprint density at radius 2 is 1.80 bits per heavy atom. The number of halogens is 1. The van der Waals surface area contributed by atoms with Gasteiger partial charge in [0.2, 0.25) is 15.9 Å². The van der Waals surface area contributed by atoms with E-state index in [-0.39, 0.29) is 17.3 Å². The van der Waals surface area contributed by atoms with E-state index >= 15 is 0 Å². The molecular formula is C26H27ClN2O5S. The molecule has 0 aliphatic carbocycles. The molecular weight excluding hydrogens is 488 g/mol. The van der Waals surface area contributed by atoms with Crippen LogP contribution in [0.5, 0.6) is 17.2 Å². The van der Waals surface area contributed by atoms with Crippen molar-refractivity contribution in [1.82, 2.24) is 4.31 Å². The Morgan fingerprint density at radius 3 is 2.54 bits per heavy atom. The fourth-order valence-electron chi connectivity index (χ4n) is 3.95. The standard InChI is InChI=1S/C26H27ClN2O5S/c1-18-8-11-23(12-9-18)35(31,32)29-14-4-5-19(17-29)26(30)28-24-15-20(27)10-13-25(24)34-22-7-3-6-21(16-22)33-2/h3,6-13,15-16,19H,4-5,14,17H2,1-2H3,(H,28,30). The largest absolute Gasteiger partial charge is 0.497 e. The number of aryl methyl sites for hydroxylation is 1. The maximum absolute atomic E-state index is 13.2. The van der Waals surface area contributed by atoms with Crippen molar-refractivity contribution in [2.45, 2.75) is 24.7 Å². The molecule has 9 heteroatoms. The normalized spacial score (nSPS) is 16.5. The fraction of sp³-hybridized carbons (Fsp3) is 0.269. The second kappa shape index (κ2) is 10.7. The third kappa shape index (κ3) is 5.96. The lowest BCUT2D eigenvalue weighted by molar-refractivity contribution is -0.120. The Morgan fingerprint density at radius 1 is 1.06 bits per heavy atom. The van der Waals surface area contributed by atoms with Gasteiger partial charge in [0, 0.05) is 24.2 Å². The van der Waals surface area contributed by atoms with E-state index in [1.807, 2.05) is 6.92 Å². The second-order valence-corrected chi connectivity index (χ2v) is 10.8. The van der Waals surface area contributed by atoms with E-state index in [9.17, 15) is 13.2 Å². The lowest BCUT2D eigenvalue weighted by Gasteiger charge is -2.31. The molecule has 184 valence electrons. The van der Waals surface area contributed by atoms with Gasteiger partial charge in [0.05, 0.1) is 23.6 Å². The molecule has 3 aromatic rings. The summed E-state index contributed by atoms with van der Waals surface area (Å²) in [5, 5.41) is 3.32. The van der Waals surface area contributed by atoms with Crippen molar-refractivity contribution in [2.24, 2.45) is 5.92 Å². The first kappa shape index (κ1) is 25.0. The number of methoxy groups -OCH3 is 1. The number of hydrogen-bond acceptors (Lipinski definition) is 5. The molecule has 1 atom stereocenters. The Labute approximate surface area is 210 Å². The molecule has 1 saturated heterocycles. The summed E-state index contributed by atoms with van der Waals surface area (Å²) in [4.78, 5) is 13.4. The van der Waals surface area contributed by atoms with Crippen LogP contribution in [0.15, 0.2) is 71.6 Å². The van der Waals surface area contributed by atoms with Gasteiger partial charge in [0.15, 0.2) is 5.75 Å². The second-order valence-electron chi connectivity index (χ2n) is 8.43. The first-order valence-corrected chi connectivity index (χ1v) is 13.1. The van der Waals surface area contributed by atoms with Crippen molar-refractivity contribution in [1.29, 1.82) is 0 Å². The summed E-state index contributed by atoms with van der Waals surface area (Å²) < 4.78 is 38.9. The molecule has 4 rings (SSSR count). The van der Waals surface area contributed by atoms with Crippen LogP contribution in [0.1, 0.15) is 18.4 Å². The van der Waals surface area contributed by atoms with E-state index < -0.39 is 15.9 Å². The zero-order valence-electron chi connectivity index (χ0n) is 19.5. The van der Waals surface area contributed by atoms with Crippen molar-refractivity contribution in [2.75, 3.05) is 25.5 Å². The predicted molar refractivity (Wildman–Crippen MR) is 136 cm³/mol. The van der Waals surface area contributed by atoms with Crippen molar-refractivity contribution < 1.29 is 22.7 Å². The predicted octanol–water partition coefficient (Wildman–Crippen LogP) is 5.49. The average molecular weight is 515 g/mol. The van der Waals surface area contributed by atoms with E-state index in [0.29, 0.717) is 47.3 Å². The molecule has 1 fully saturated rings. The van der Waals surface area contributed by atoms with Crippen LogP contribution >= 0.6 is 11.6 Å². The molecule has 1 amide bonds. The quantitative estimate of drug-likeness (QED) is 0.450. The summed E-state index contributed by atoms with van der Waals surface area (Å²) in [5.41, 5.74) is 1.39. The first-order valence-electron chi connectivity index (χ1n) is 11.3. The molecule has 0 aromatic heterocycles. The molecule has 1 heterocycles. The highest BCUT2D eigenvalue weighted by atomic mass is 35.5. The van der Waals surface area contributed by atoms with Crippen LogP contribution in [-0.4, -0.2) is 38.8 Å². The molecule has 35 heavy (non-hydrogen) atoms. The number of hydrogen-bond donors (Lipinski definition) is 1. The molecule has 0 radical (unpaired) electrons. The molecule has 1 unspecified atom stereocenters. The lowest BCUT2D eigenvalue weighted by atomic mass is 9.98. The van der Waals surface area contributed by atoms with E-state index in [4.69, 9.17) is 21.1 Å². The van der Waals surface area contributed by atoms with Crippen molar-refractivity contribution in [3.05, 3.63) is 77.3 Å². The van der Waals surface area contributed by atoms with Gasteiger partial charge in [0.25, 0.3) is 0 Å². The number of carbonyl (C=O) groups excluding carboxylic acids is 1. The maximum Gasteiger partial charge on any atom is 0.243 e. The molecule has 1 aliphatic rings. The molecule has 0 bridgehead atoms. The van der Waals surface area contributed by atoms with Gasteiger partial charge in [-0.15, -0.1) is 0 Å². The molecule has 0 spiro atoms. The number of benzene rings is 3. The van der Waals surface area contributed by atoms with Gasteiger partial charge in [-0.25, -0.2) is 8.42 Å². The molecule has 1 N–H and O–H groups in total. The first-order chi connectivity index (χ1) is 16.8. The number of anilines is 1. The summed E-state index contributed by atoms with van der Waals surface area (Å²) in [6.45, 7) is 2.38. The highest BCUT2D eigenvalue weighted by Gasteiger charge is 2.33. The van der Waals surface area contributed by atoms with Gasteiger partial charge in [-0.05, 0) is 62.2 Å². The van der Waals surface area contributed by atoms with Gasteiger partial charge >= 0.3 is 0 Å². The minimum atomic E-state index is -3.68. The van der Waals surface area contributed by atoms with Crippen LogP contribution in [0.25, 0.3) is 0 Å². The number of nitrogens with zero attached hydrogens (tertiary/aromatic N) is 1. The molecule has 0 saturated carbocycles. The van der Waals surface area contributed by atoms with Crippen LogP contribution in [0, 0.1) is 12.8 Å². The summed E-state index contributed by atoms with van der Waals surface area (Å²) in [6.07, 6.45) is 1.17. The Kier molecular flexibility index (Phi) is 7.64. The topological polar surface area (TPSA) is 84.9 Å². The smallest absolute Gasteiger partial charge is 0.243 e. The number of sulfonamides is 1. The third-order valence-corrected chi connectivity index (χ3v) is 8.00. The van der Waals surface area contributed by atoms with Crippen LogP contribution < -0.4 is 14.8 Å². The number of rotatable bonds is 7. The van der Waals surface area contributed by atoms with Gasteiger partial charge in [0.1, 0.15) is 11.5 Å². The van der Waals surface area contributed by atoms with Gasteiger partial charge in [-0.1, -0.05) is 35.4 Å². The number of piperidine rings is 1. The third-order valence-electron chi connectivity index (χ3n) is 5.88. The number of amides is 1. The van der Waals surface area contributed by atoms with Gasteiger partial charge < -0.3 is 14.8 Å². The van der Waals surface area contributed by atoms with Crippen LogP contribution in [-0.2, 0) is 14.8 Å². The minimum Gasteiger partial charge on any atom is -0.497 e. The van der Waals surface area contributed by atoms with Crippen molar-refractivity contribution in [3.63, 3.8) is 0 Å². The molecule has 1 aliphatic heterocycles. The lowest BCUT2D eigenvalue weighted by Crippen LogP contribution is -2.43. The van der Waals surface area contributed by atoms with Crippen LogP contribution in [0.2, 0.25) is 5.02 Å². The van der Waals surface area contributed by atoms with E-state index in [1.165, 1.54) is 4.31 Å². The fourth-order valence-corrected chi connectivity index (χ4v) is 5.65. The summed E-state index contributed by atoms with van der Waals surface area (Å²) >= 11 is 6.18. The summed E-state index contributed by atoms with van der Waals surface area (Å²) in [6, 6.07) is 18.8. The number of nitrogens with one attached hydrogen (secondary N) is 1. The van der Waals surface area contributed by atoms with Gasteiger partial charge in [-0.2, -0.15) is 4.31 Å². The van der Waals surface area contributed by atoms with E-state index in [1.54, 1.807) is 73.8 Å². The monoisotopic (exact) mass is 514 g/mol. The van der Waals surface area contributed by atoms with E-state index in [2.05, 4.69) is 5.32 Å². The number of ether oxygens (including phenoxy) is 2. The van der Waals surface area contributed by atoms with Gasteiger partial charge in [-0.3, -0.25) is 4.79 Å². The highest BCUT2D eigenvalue weighted by molar-refractivity contribution is 7.89. The molecule has 7 nitrogen and oxygen atoms in total. The Hall–Kier alpha value is -3.07. The Bertz CT molecular complexity index is 1310. The molecule has 3 aromatic carbocycles. The van der Waals surface area contributed by atoms with E-state index in [0.717, 1.165) is 5.56 Å². The number of carbonyl (C=O) groups is 1. The SMILES string of the molecule is COc1cccc(Oc2ccc(Cl)cc2NC(=O)C2CCCN(S(=O)(=O)c3ccc(C)cc3)C2)c1. The average Bonchev–Trinajstić information content (AvgIpc) is 2.86. The zero-order chi connectivity index (χ0) is 25.0. The minimum absolute atomic E-state index is 0.106. The van der Waals surface area contributed by atoms with Crippen molar-refractivity contribution >= 4 is 33.2 Å². The van der Waals surface area contributed by atoms with Crippen molar-refractivity contribution in [3.8, 4) is 17.2 Å². The maximum atomic E-state index is 13.2. The Balaban J connectivity index is 1.50. The highest BCUT2D eigenvalue weighted by Crippen LogP contribution is 2.34. The zero-order valence-corrected chi connectivity index (χ0v) is 21.1. The van der Waals surface area contributed by atoms with Crippen LogP contribution in [0.4, 0.5) is 5.69 Å².